The van der Waals surface area contributed by atoms with E-state index in [2.05, 4.69) is 16.0 Å². The molecule has 0 aliphatic rings. The molecule has 0 spiro atoms. The molecule has 3 amide bonds. The van der Waals surface area contributed by atoms with Crippen LogP contribution in [0.5, 0.6) is 0 Å². The molecule has 0 saturated heterocycles. The largest absolute Gasteiger partial charge is 0.355 e. The predicted octanol–water partition coefficient (Wildman–Crippen LogP) is 3.11. The number of hydrogen-bond donors (Lipinski definition) is 3. The third kappa shape index (κ3) is 5.75. The first-order chi connectivity index (χ1) is 12.4. The second-order valence-corrected chi connectivity index (χ2v) is 6.24. The lowest BCUT2D eigenvalue weighted by molar-refractivity contribution is -0.118. The quantitative estimate of drug-likeness (QED) is 0.658. The fourth-order valence-corrected chi connectivity index (χ4v) is 2.59. The Bertz CT molecular complexity index is 823. The Morgan fingerprint density at radius 3 is 2.15 bits per heavy atom. The average molecular weight is 394 g/mol. The number of anilines is 1. The van der Waals surface area contributed by atoms with Crippen LogP contribution in [0.3, 0.4) is 0 Å². The summed E-state index contributed by atoms with van der Waals surface area (Å²) in [5.74, 6) is -0.798. The van der Waals surface area contributed by atoms with Gasteiger partial charge in [-0.3, -0.25) is 14.4 Å². The van der Waals surface area contributed by atoms with Crippen LogP contribution in [0.25, 0.3) is 0 Å². The number of amides is 3. The number of rotatable bonds is 6. The second kappa shape index (κ2) is 9.22. The number of carbonyl (C=O) groups is 3. The summed E-state index contributed by atoms with van der Waals surface area (Å²) >= 11 is 11.8. The smallest absolute Gasteiger partial charge is 0.257 e. The first kappa shape index (κ1) is 19.8. The van der Waals surface area contributed by atoms with Crippen LogP contribution in [0.2, 0.25) is 10.0 Å². The monoisotopic (exact) mass is 393 g/mol. The molecule has 0 aromatic heterocycles. The number of nitrogens with one attached hydrogen (secondary N) is 3. The van der Waals surface area contributed by atoms with E-state index >= 15 is 0 Å². The maximum absolute atomic E-state index is 12.2. The van der Waals surface area contributed by atoms with Gasteiger partial charge >= 0.3 is 0 Å². The molecule has 136 valence electrons. The van der Waals surface area contributed by atoms with Crippen molar-refractivity contribution in [1.82, 2.24) is 10.6 Å². The molecular weight excluding hydrogens is 377 g/mol. The zero-order valence-corrected chi connectivity index (χ0v) is 15.4. The van der Waals surface area contributed by atoms with Gasteiger partial charge < -0.3 is 16.0 Å². The van der Waals surface area contributed by atoms with Crippen molar-refractivity contribution in [3.63, 3.8) is 0 Å². The predicted molar refractivity (Wildman–Crippen MR) is 102 cm³/mol. The van der Waals surface area contributed by atoms with Crippen molar-refractivity contribution >= 4 is 46.6 Å². The highest BCUT2D eigenvalue weighted by atomic mass is 35.5. The third-order valence-electron chi connectivity index (χ3n) is 3.37. The van der Waals surface area contributed by atoms with E-state index in [4.69, 9.17) is 23.2 Å². The first-order valence-electron chi connectivity index (χ1n) is 7.76. The summed E-state index contributed by atoms with van der Waals surface area (Å²) in [6.45, 7) is 2.09. The summed E-state index contributed by atoms with van der Waals surface area (Å²) < 4.78 is 0. The zero-order chi connectivity index (χ0) is 19.1. The first-order valence-corrected chi connectivity index (χ1v) is 8.51. The summed E-state index contributed by atoms with van der Waals surface area (Å²) in [6.07, 6.45) is 0. The maximum atomic E-state index is 12.2. The van der Waals surface area contributed by atoms with Gasteiger partial charge in [-0.2, -0.15) is 0 Å². The van der Waals surface area contributed by atoms with Crippen LogP contribution in [0.4, 0.5) is 5.69 Å². The highest BCUT2D eigenvalue weighted by Gasteiger charge is 2.11. The molecule has 0 fully saturated rings. The van der Waals surface area contributed by atoms with Gasteiger partial charge in [0.25, 0.3) is 11.8 Å². The number of hydrogen-bond acceptors (Lipinski definition) is 3. The van der Waals surface area contributed by atoms with Gasteiger partial charge in [-0.25, -0.2) is 0 Å². The third-order valence-corrected chi connectivity index (χ3v) is 3.91. The Balaban J connectivity index is 1.93. The molecule has 0 bridgehead atoms. The van der Waals surface area contributed by atoms with Crippen molar-refractivity contribution in [2.75, 3.05) is 18.4 Å². The molecule has 0 unspecified atom stereocenters. The van der Waals surface area contributed by atoms with Crippen LogP contribution < -0.4 is 16.0 Å². The van der Waals surface area contributed by atoms with E-state index in [0.717, 1.165) is 0 Å². The molecule has 0 heterocycles. The molecule has 6 nitrogen and oxygen atoms in total. The van der Waals surface area contributed by atoms with E-state index in [0.29, 0.717) is 34.9 Å². The van der Waals surface area contributed by atoms with Gasteiger partial charge in [0.2, 0.25) is 5.91 Å². The molecule has 2 aromatic rings. The molecule has 2 aromatic carbocycles. The van der Waals surface area contributed by atoms with Crippen molar-refractivity contribution in [2.24, 2.45) is 0 Å². The van der Waals surface area contributed by atoms with E-state index < -0.39 is 0 Å². The van der Waals surface area contributed by atoms with E-state index in [9.17, 15) is 14.4 Å². The van der Waals surface area contributed by atoms with Crippen molar-refractivity contribution in [3.8, 4) is 0 Å². The van der Waals surface area contributed by atoms with Crippen LogP contribution in [0, 0.1) is 0 Å². The summed E-state index contributed by atoms with van der Waals surface area (Å²) in [5, 5.41) is 8.67. The highest BCUT2D eigenvalue weighted by Crippen LogP contribution is 2.22. The van der Waals surface area contributed by atoms with Crippen LogP contribution in [-0.4, -0.2) is 30.8 Å². The van der Waals surface area contributed by atoms with Gasteiger partial charge in [0.15, 0.2) is 0 Å². The molecule has 26 heavy (non-hydrogen) atoms. The molecule has 8 heteroatoms. The van der Waals surface area contributed by atoms with Crippen molar-refractivity contribution in [1.29, 1.82) is 0 Å². The topological polar surface area (TPSA) is 87.3 Å². The molecular formula is C18H17Cl2N3O3. The van der Waals surface area contributed by atoms with Crippen molar-refractivity contribution < 1.29 is 14.4 Å². The Morgan fingerprint density at radius 2 is 1.54 bits per heavy atom. The highest BCUT2D eigenvalue weighted by molar-refractivity contribution is 6.37. The van der Waals surface area contributed by atoms with Gasteiger partial charge in [-0.15, -0.1) is 0 Å². The zero-order valence-electron chi connectivity index (χ0n) is 13.9. The minimum atomic E-state index is -0.376. The van der Waals surface area contributed by atoms with Crippen molar-refractivity contribution in [3.05, 3.63) is 63.6 Å². The molecule has 0 radical (unpaired) electrons. The molecule has 0 aliphatic heterocycles. The lowest BCUT2D eigenvalue weighted by atomic mass is 10.1. The van der Waals surface area contributed by atoms with E-state index in [-0.39, 0.29) is 22.7 Å². The van der Waals surface area contributed by atoms with Crippen LogP contribution >= 0.6 is 23.2 Å². The summed E-state index contributed by atoms with van der Waals surface area (Å²) in [5.41, 5.74) is 1.27. The van der Waals surface area contributed by atoms with E-state index in [1.165, 1.54) is 19.1 Å². The van der Waals surface area contributed by atoms with Crippen LogP contribution in [0.1, 0.15) is 27.6 Å². The minimum absolute atomic E-state index is 0.153. The second-order valence-electron chi connectivity index (χ2n) is 5.39. The normalized spacial score (nSPS) is 10.1. The standard InChI is InChI=1S/C18H17Cl2N3O3/c1-11(24)21-8-9-22-17(25)12-2-5-14(6-3-12)23-18(26)15-7-4-13(19)10-16(15)20/h2-7,10H,8-9H2,1H3,(H,21,24)(H,22,25)(H,23,26). The number of halogens is 2. The van der Waals surface area contributed by atoms with Gasteiger partial charge in [-0.05, 0) is 42.5 Å². The molecule has 3 N–H and O–H groups in total. The summed E-state index contributed by atoms with van der Waals surface area (Å²) in [4.78, 5) is 35.0. The van der Waals surface area contributed by atoms with E-state index in [1.54, 1.807) is 30.3 Å². The number of benzene rings is 2. The van der Waals surface area contributed by atoms with Gasteiger partial charge in [-0.1, -0.05) is 23.2 Å². The Morgan fingerprint density at radius 1 is 0.885 bits per heavy atom. The maximum Gasteiger partial charge on any atom is 0.257 e. The summed E-state index contributed by atoms with van der Waals surface area (Å²) in [6, 6.07) is 11.0. The Labute approximate surface area is 160 Å². The Kier molecular flexibility index (Phi) is 7.00. The molecule has 0 aliphatic carbocycles. The fourth-order valence-electron chi connectivity index (χ4n) is 2.09. The Hall–Kier alpha value is -2.57. The van der Waals surface area contributed by atoms with Gasteiger partial charge in [0, 0.05) is 36.3 Å². The molecule has 0 atom stereocenters. The van der Waals surface area contributed by atoms with Gasteiger partial charge in [0.1, 0.15) is 0 Å². The van der Waals surface area contributed by atoms with Crippen LogP contribution in [0.15, 0.2) is 42.5 Å². The number of carbonyl (C=O) groups excluding carboxylic acids is 3. The fraction of sp³-hybridized carbons (Fsp3) is 0.167. The lowest BCUT2D eigenvalue weighted by Crippen LogP contribution is -2.33. The minimum Gasteiger partial charge on any atom is -0.355 e. The van der Waals surface area contributed by atoms with E-state index in [1.807, 2.05) is 0 Å². The molecule has 2 rings (SSSR count). The average Bonchev–Trinajstić information content (AvgIpc) is 2.59. The van der Waals surface area contributed by atoms with Crippen molar-refractivity contribution in [2.45, 2.75) is 6.92 Å². The van der Waals surface area contributed by atoms with Gasteiger partial charge in [0.05, 0.1) is 10.6 Å². The SMILES string of the molecule is CC(=O)NCCNC(=O)c1ccc(NC(=O)c2ccc(Cl)cc2Cl)cc1. The lowest BCUT2D eigenvalue weighted by Gasteiger charge is -2.09. The van der Waals surface area contributed by atoms with Crippen LogP contribution in [-0.2, 0) is 4.79 Å². The molecule has 0 saturated carbocycles. The summed E-state index contributed by atoms with van der Waals surface area (Å²) in [7, 11) is 0.